The first kappa shape index (κ1) is 8.91. The maximum absolute atomic E-state index is 12.0. The van der Waals surface area contributed by atoms with E-state index in [0.29, 0.717) is 6.04 Å². The molecule has 0 saturated carbocycles. The van der Waals surface area contributed by atoms with Gasteiger partial charge in [0.2, 0.25) is 0 Å². The number of halogens is 2. The summed E-state index contributed by atoms with van der Waals surface area (Å²) in [5.74, 6) is 0. The Morgan fingerprint density at radius 3 is 2.73 bits per heavy atom. The number of hydrogen-bond donors (Lipinski definition) is 0. The number of piperidine rings is 1. The number of likely N-dealkylation sites (tertiary alicyclic amines) is 1. The van der Waals surface area contributed by atoms with Gasteiger partial charge in [0.1, 0.15) is 0 Å². The molecule has 0 aromatic carbocycles. The van der Waals surface area contributed by atoms with Gasteiger partial charge in [0.05, 0.1) is 6.54 Å². The summed E-state index contributed by atoms with van der Waals surface area (Å²) in [6.45, 7) is 2.84. The van der Waals surface area contributed by atoms with E-state index in [-0.39, 0.29) is 6.54 Å². The monoisotopic (exact) mass is 163 g/mol. The second-order valence-corrected chi connectivity index (χ2v) is 3.23. The minimum absolute atomic E-state index is 0.0405. The van der Waals surface area contributed by atoms with Crippen molar-refractivity contribution in [2.24, 2.45) is 0 Å². The maximum Gasteiger partial charge on any atom is 0.251 e. The predicted molar refractivity (Wildman–Crippen MR) is 40.9 cm³/mol. The Morgan fingerprint density at radius 1 is 1.45 bits per heavy atom. The van der Waals surface area contributed by atoms with Crippen LogP contribution in [0.5, 0.6) is 0 Å². The van der Waals surface area contributed by atoms with Crippen molar-refractivity contribution in [3.05, 3.63) is 0 Å². The molecule has 1 heterocycles. The highest BCUT2D eigenvalue weighted by molar-refractivity contribution is 4.73. The summed E-state index contributed by atoms with van der Waals surface area (Å²) in [6, 6.07) is 0.359. The molecule has 0 spiro atoms. The molecular weight excluding hydrogens is 148 g/mol. The van der Waals surface area contributed by atoms with E-state index in [2.05, 4.69) is 0 Å². The zero-order valence-corrected chi connectivity index (χ0v) is 6.89. The first-order chi connectivity index (χ1) is 5.20. The number of nitrogens with zero attached hydrogens (tertiary/aromatic N) is 1. The lowest BCUT2D eigenvalue weighted by atomic mass is 10.0. The predicted octanol–water partition coefficient (Wildman–Crippen LogP) is 2.13. The van der Waals surface area contributed by atoms with Crippen LogP contribution >= 0.6 is 0 Å². The number of rotatable bonds is 2. The van der Waals surface area contributed by atoms with Crippen LogP contribution in [0.2, 0.25) is 0 Å². The third kappa shape index (κ3) is 2.73. The lowest BCUT2D eigenvalue weighted by molar-refractivity contribution is 0.0546. The van der Waals surface area contributed by atoms with Crippen LogP contribution in [0.25, 0.3) is 0 Å². The minimum atomic E-state index is -2.17. The van der Waals surface area contributed by atoms with Crippen LogP contribution in [0.3, 0.4) is 0 Å². The highest BCUT2D eigenvalue weighted by Crippen LogP contribution is 2.16. The van der Waals surface area contributed by atoms with Crippen molar-refractivity contribution >= 4 is 0 Å². The zero-order chi connectivity index (χ0) is 8.27. The van der Waals surface area contributed by atoms with Crippen molar-refractivity contribution in [3.8, 4) is 0 Å². The first-order valence-electron chi connectivity index (χ1n) is 4.22. The van der Waals surface area contributed by atoms with Crippen LogP contribution in [-0.2, 0) is 0 Å². The van der Waals surface area contributed by atoms with Crippen molar-refractivity contribution < 1.29 is 8.78 Å². The van der Waals surface area contributed by atoms with E-state index in [4.69, 9.17) is 0 Å². The van der Waals surface area contributed by atoms with Gasteiger partial charge in [-0.1, -0.05) is 6.42 Å². The average Bonchev–Trinajstić information content (AvgIpc) is 1.93. The van der Waals surface area contributed by atoms with E-state index in [1.807, 2.05) is 11.8 Å². The molecule has 66 valence electrons. The largest absolute Gasteiger partial charge is 0.295 e. The van der Waals surface area contributed by atoms with Crippen LogP contribution in [0.15, 0.2) is 0 Å². The third-order valence-electron chi connectivity index (χ3n) is 2.31. The molecule has 11 heavy (non-hydrogen) atoms. The van der Waals surface area contributed by atoms with Gasteiger partial charge in [-0.3, -0.25) is 4.90 Å². The summed E-state index contributed by atoms with van der Waals surface area (Å²) in [5, 5.41) is 0. The molecule has 1 aliphatic heterocycles. The average molecular weight is 163 g/mol. The fourth-order valence-electron chi connectivity index (χ4n) is 1.61. The summed E-state index contributed by atoms with van der Waals surface area (Å²) in [7, 11) is 0. The number of hydrogen-bond acceptors (Lipinski definition) is 1. The molecule has 1 saturated heterocycles. The van der Waals surface area contributed by atoms with E-state index >= 15 is 0 Å². The van der Waals surface area contributed by atoms with Crippen molar-refractivity contribution in [1.29, 1.82) is 0 Å². The molecular formula is C8H15F2N. The topological polar surface area (TPSA) is 3.24 Å². The molecule has 0 unspecified atom stereocenters. The molecule has 0 aliphatic carbocycles. The summed E-state index contributed by atoms with van der Waals surface area (Å²) in [6.07, 6.45) is 1.18. The summed E-state index contributed by atoms with van der Waals surface area (Å²) in [4.78, 5) is 1.88. The van der Waals surface area contributed by atoms with Crippen LogP contribution in [-0.4, -0.2) is 30.5 Å². The molecule has 1 rings (SSSR count). The van der Waals surface area contributed by atoms with Crippen LogP contribution in [0, 0.1) is 0 Å². The zero-order valence-electron chi connectivity index (χ0n) is 6.89. The minimum Gasteiger partial charge on any atom is -0.295 e. The van der Waals surface area contributed by atoms with Gasteiger partial charge < -0.3 is 0 Å². The van der Waals surface area contributed by atoms with Crippen LogP contribution in [0.1, 0.15) is 26.2 Å². The van der Waals surface area contributed by atoms with Gasteiger partial charge in [-0.15, -0.1) is 0 Å². The highest BCUT2D eigenvalue weighted by Gasteiger charge is 2.20. The Labute approximate surface area is 66.4 Å². The smallest absolute Gasteiger partial charge is 0.251 e. The molecule has 0 aromatic rings. The third-order valence-corrected chi connectivity index (χ3v) is 2.31. The lowest BCUT2D eigenvalue weighted by Gasteiger charge is -2.32. The molecule has 0 bridgehead atoms. The van der Waals surface area contributed by atoms with Crippen molar-refractivity contribution in [2.45, 2.75) is 38.7 Å². The SMILES string of the molecule is C[C@@H]1CCCCN1CC(F)F. The quantitative estimate of drug-likeness (QED) is 0.602. The van der Waals surface area contributed by atoms with Gasteiger partial charge in [0.25, 0.3) is 6.43 Å². The molecule has 1 aliphatic rings. The Kier molecular flexibility index (Phi) is 3.24. The van der Waals surface area contributed by atoms with Crippen molar-refractivity contribution in [2.75, 3.05) is 13.1 Å². The Morgan fingerprint density at radius 2 is 2.18 bits per heavy atom. The molecule has 0 amide bonds. The number of alkyl halides is 2. The van der Waals surface area contributed by atoms with Gasteiger partial charge in [-0.25, -0.2) is 8.78 Å². The molecule has 3 heteroatoms. The van der Waals surface area contributed by atoms with Gasteiger partial charge >= 0.3 is 0 Å². The summed E-state index contributed by atoms with van der Waals surface area (Å²) < 4.78 is 23.9. The highest BCUT2D eigenvalue weighted by atomic mass is 19.3. The molecule has 1 fully saturated rings. The van der Waals surface area contributed by atoms with E-state index in [1.165, 1.54) is 6.42 Å². The summed E-state index contributed by atoms with van der Waals surface area (Å²) >= 11 is 0. The van der Waals surface area contributed by atoms with E-state index < -0.39 is 6.43 Å². The van der Waals surface area contributed by atoms with E-state index in [9.17, 15) is 8.78 Å². The van der Waals surface area contributed by atoms with Crippen molar-refractivity contribution in [3.63, 3.8) is 0 Å². The van der Waals surface area contributed by atoms with Crippen LogP contribution < -0.4 is 0 Å². The maximum atomic E-state index is 12.0. The normalized spacial score (nSPS) is 27.8. The van der Waals surface area contributed by atoms with Gasteiger partial charge in [0, 0.05) is 6.04 Å². The van der Waals surface area contributed by atoms with Gasteiger partial charge in [-0.2, -0.15) is 0 Å². The molecule has 0 N–H and O–H groups in total. The Bertz CT molecular complexity index is 117. The fourth-order valence-corrected chi connectivity index (χ4v) is 1.61. The molecule has 1 atom stereocenters. The van der Waals surface area contributed by atoms with E-state index in [1.54, 1.807) is 0 Å². The van der Waals surface area contributed by atoms with Crippen LogP contribution in [0.4, 0.5) is 8.78 Å². The second-order valence-electron chi connectivity index (χ2n) is 3.23. The standard InChI is InChI=1S/C8H15F2N/c1-7-4-2-3-5-11(7)6-8(9)10/h7-8H,2-6H2,1H3/t7-/m1/s1. The lowest BCUT2D eigenvalue weighted by Crippen LogP contribution is -2.40. The molecule has 0 aromatic heterocycles. The van der Waals surface area contributed by atoms with Crippen molar-refractivity contribution in [1.82, 2.24) is 4.90 Å². The summed E-state index contributed by atoms with van der Waals surface area (Å²) in [5.41, 5.74) is 0. The molecule has 1 nitrogen and oxygen atoms in total. The Balaban J connectivity index is 2.29. The van der Waals surface area contributed by atoms with E-state index in [0.717, 1.165) is 19.4 Å². The van der Waals surface area contributed by atoms with Gasteiger partial charge in [-0.05, 0) is 26.3 Å². The first-order valence-corrected chi connectivity index (χ1v) is 4.22. The van der Waals surface area contributed by atoms with Gasteiger partial charge in [0.15, 0.2) is 0 Å². The second kappa shape index (κ2) is 4.00. The fraction of sp³-hybridized carbons (Fsp3) is 1.00. The Hall–Kier alpha value is -0.180. The molecule has 0 radical (unpaired) electrons.